The van der Waals surface area contributed by atoms with Crippen molar-refractivity contribution in [2.24, 2.45) is 5.73 Å². The van der Waals surface area contributed by atoms with Crippen LogP contribution in [0.2, 0.25) is 0 Å². The Kier molecular flexibility index (Phi) is 4.99. The fraction of sp³-hybridized carbons (Fsp3) is 0.316. The lowest BCUT2D eigenvalue weighted by Gasteiger charge is -2.42. The highest BCUT2D eigenvalue weighted by Gasteiger charge is 2.41. The van der Waals surface area contributed by atoms with Crippen molar-refractivity contribution in [3.05, 3.63) is 71.3 Å². The molecule has 1 fully saturated rings. The number of primary amides is 1. The highest BCUT2D eigenvalue weighted by Crippen LogP contribution is 2.36. The molecule has 1 aliphatic heterocycles. The SMILES string of the molecule is NC(=O)NC1(c2c(F)cccc2F)CCN(Cc2ccccc2)CC1. The van der Waals surface area contributed by atoms with Crippen LogP contribution in [0.4, 0.5) is 13.6 Å². The lowest BCUT2D eigenvalue weighted by atomic mass is 9.80. The summed E-state index contributed by atoms with van der Waals surface area (Å²) < 4.78 is 28.7. The third kappa shape index (κ3) is 3.79. The van der Waals surface area contributed by atoms with E-state index in [0.717, 1.165) is 6.54 Å². The van der Waals surface area contributed by atoms with E-state index in [4.69, 9.17) is 5.73 Å². The standard InChI is InChI=1S/C19H21F2N3O/c20-15-7-4-8-16(21)17(15)19(23-18(22)25)9-11-24(12-10-19)13-14-5-2-1-3-6-14/h1-8H,9-13H2,(H3,22,23,25). The van der Waals surface area contributed by atoms with Gasteiger partial charge in [-0.15, -0.1) is 0 Å². The largest absolute Gasteiger partial charge is 0.352 e. The highest BCUT2D eigenvalue weighted by atomic mass is 19.1. The summed E-state index contributed by atoms with van der Waals surface area (Å²) in [5.41, 5.74) is 5.25. The van der Waals surface area contributed by atoms with Gasteiger partial charge in [-0.25, -0.2) is 13.6 Å². The van der Waals surface area contributed by atoms with Crippen LogP contribution in [0.5, 0.6) is 0 Å². The number of rotatable bonds is 4. The van der Waals surface area contributed by atoms with Gasteiger partial charge in [0.05, 0.1) is 5.54 Å². The van der Waals surface area contributed by atoms with E-state index < -0.39 is 23.2 Å². The molecule has 1 heterocycles. The van der Waals surface area contributed by atoms with Crippen LogP contribution in [0.1, 0.15) is 24.0 Å². The minimum atomic E-state index is -1.12. The van der Waals surface area contributed by atoms with E-state index in [0.29, 0.717) is 25.9 Å². The Morgan fingerprint density at radius 2 is 1.64 bits per heavy atom. The number of hydrogen-bond donors (Lipinski definition) is 2. The molecule has 0 saturated carbocycles. The molecule has 0 aromatic heterocycles. The van der Waals surface area contributed by atoms with Gasteiger partial charge in [0.1, 0.15) is 11.6 Å². The van der Waals surface area contributed by atoms with Crippen molar-refractivity contribution in [3.8, 4) is 0 Å². The number of carbonyl (C=O) groups is 1. The molecule has 0 aliphatic carbocycles. The fourth-order valence-corrected chi connectivity index (χ4v) is 3.56. The topological polar surface area (TPSA) is 58.4 Å². The smallest absolute Gasteiger partial charge is 0.312 e. The molecule has 2 aromatic carbocycles. The first-order valence-corrected chi connectivity index (χ1v) is 8.28. The zero-order valence-corrected chi connectivity index (χ0v) is 13.8. The van der Waals surface area contributed by atoms with Crippen LogP contribution in [0.15, 0.2) is 48.5 Å². The summed E-state index contributed by atoms with van der Waals surface area (Å²) in [7, 11) is 0. The lowest BCUT2D eigenvalue weighted by molar-refractivity contribution is 0.128. The molecule has 0 unspecified atom stereocenters. The summed E-state index contributed by atoms with van der Waals surface area (Å²) in [6.45, 7) is 1.96. The minimum Gasteiger partial charge on any atom is -0.352 e. The maximum Gasteiger partial charge on any atom is 0.312 e. The van der Waals surface area contributed by atoms with Gasteiger partial charge < -0.3 is 11.1 Å². The van der Waals surface area contributed by atoms with Gasteiger partial charge in [0.25, 0.3) is 0 Å². The van der Waals surface area contributed by atoms with Crippen LogP contribution in [0, 0.1) is 11.6 Å². The van der Waals surface area contributed by atoms with Crippen LogP contribution in [0.3, 0.4) is 0 Å². The first-order valence-electron chi connectivity index (χ1n) is 8.28. The average molecular weight is 345 g/mol. The number of likely N-dealkylation sites (tertiary alicyclic amines) is 1. The number of hydrogen-bond acceptors (Lipinski definition) is 2. The highest BCUT2D eigenvalue weighted by molar-refractivity contribution is 5.73. The summed E-state index contributed by atoms with van der Waals surface area (Å²) in [6.07, 6.45) is 0.779. The predicted octanol–water partition coefficient (Wildman–Crippen LogP) is 3.12. The quantitative estimate of drug-likeness (QED) is 0.894. The van der Waals surface area contributed by atoms with E-state index in [2.05, 4.69) is 10.2 Å². The number of halogens is 2. The predicted molar refractivity (Wildman–Crippen MR) is 91.7 cm³/mol. The molecular weight excluding hydrogens is 324 g/mol. The number of urea groups is 1. The molecule has 3 N–H and O–H groups in total. The second kappa shape index (κ2) is 7.19. The first kappa shape index (κ1) is 17.4. The van der Waals surface area contributed by atoms with Crippen LogP contribution in [0.25, 0.3) is 0 Å². The number of benzene rings is 2. The molecule has 2 amide bonds. The molecular formula is C19H21F2N3O. The number of nitrogens with zero attached hydrogens (tertiary/aromatic N) is 1. The van der Waals surface area contributed by atoms with Crippen molar-refractivity contribution >= 4 is 6.03 Å². The van der Waals surface area contributed by atoms with E-state index in [9.17, 15) is 13.6 Å². The fourth-order valence-electron chi connectivity index (χ4n) is 3.56. The molecule has 25 heavy (non-hydrogen) atoms. The van der Waals surface area contributed by atoms with E-state index in [1.165, 1.54) is 23.8 Å². The van der Waals surface area contributed by atoms with Crippen molar-refractivity contribution < 1.29 is 13.6 Å². The van der Waals surface area contributed by atoms with Crippen LogP contribution in [-0.4, -0.2) is 24.0 Å². The molecule has 132 valence electrons. The molecule has 0 atom stereocenters. The zero-order chi connectivity index (χ0) is 17.9. The Labute approximate surface area is 145 Å². The molecule has 3 rings (SSSR count). The van der Waals surface area contributed by atoms with E-state index in [1.54, 1.807) is 0 Å². The van der Waals surface area contributed by atoms with Gasteiger partial charge in [-0.3, -0.25) is 4.90 Å². The molecule has 1 saturated heterocycles. The summed E-state index contributed by atoms with van der Waals surface area (Å²) in [5, 5.41) is 2.61. The number of nitrogens with two attached hydrogens (primary N) is 1. The van der Waals surface area contributed by atoms with E-state index in [-0.39, 0.29) is 5.56 Å². The van der Waals surface area contributed by atoms with Gasteiger partial charge in [0.15, 0.2) is 0 Å². The van der Waals surface area contributed by atoms with Gasteiger partial charge in [0, 0.05) is 25.2 Å². The van der Waals surface area contributed by atoms with E-state index >= 15 is 0 Å². The third-order valence-corrected chi connectivity index (χ3v) is 4.76. The van der Waals surface area contributed by atoms with Crippen molar-refractivity contribution in [2.75, 3.05) is 13.1 Å². The van der Waals surface area contributed by atoms with Crippen molar-refractivity contribution in [1.29, 1.82) is 0 Å². The Bertz CT molecular complexity index is 723. The number of piperidine rings is 1. The van der Waals surface area contributed by atoms with Crippen molar-refractivity contribution in [2.45, 2.75) is 24.9 Å². The monoisotopic (exact) mass is 345 g/mol. The van der Waals surface area contributed by atoms with Gasteiger partial charge in [0.2, 0.25) is 0 Å². The minimum absolute atomic E-state index is 0.104. The molecule has 2 aromatic rings. The van der Waals surface area contributed by atoms with Gasteiger partial charge >= 0.3 is 6.03 Å². The summed E-state index contributed by atoms with van der Waals surface area (Å²) in [5.74, 6) is -1.32. The first-order chi connectivity index (χ1) is 12.0. The van der Waals surface area contributed by atoms with Crippen molar-refractivity contribution in [3.63, 3.8) is 0 Å². The molecule has 1 aliphatic rings. The Balaban J connectivity index is 1.81. The lowest BCUT2D eigenvalue weighted by Crippen LogP contribution is -2.55. The van der Waals surface area contributed by atoms with Crippen LogP contribution < -0.4 is 11.1 Å². The zero-order valence-electron chi connectivity index (χ0n) is 13.8. The number of carbonyl (C=O) groups excluding carboxylic acids is 1. The van der Waals surface area contributed by atoms with Gasteiger partial charge in [-0.05, 0) is 30.5 Å². The Morgan fingerprint density at radius 3 is 2.20 bits per heavy atom. The van der Waals surface area contributed by atoms with Gasteiger partial charge in [-0.2, -0.15) is 0 Å². The normalized spacial score (nSPS) is 17.2. The summed E-state index contributed by atoms with van der Waals surface area (Å²) in [4.78, 5) is 13.7. The molecule has 0 bridgehead atoms. The molecule has 0 spiro atoms. The summed E-state index contributed by atoms with van der Waals surface area (Å²) >= 11 is 0. The summed E-state index contributed by atoms with van der Waals surface area (Å²) in [6, 6.07) is 13.0. The van der Waals surface area contributed by atoms with E-state index in [1.807, 2.05) is 30.3 Å². The maximum atomic E-state index is 14.3. The van der Waals surface area contributed by atoms with Crippen LogP contribution >= 0.6 is 0 Å². The average Bonchev–Trinajstić information content (AvgIpc) is 2.57. The van der Waals surface area contributed by atoms with Crippen LogP contribution in [-0.2, 0) is 12.1 Å². The molecule has 0 radical (unpaired) electrons. The second-order valence-corrected chi connectivity index (χ2v) is 6.43. The third-order valence-electron chi connectivity index (χ3n) is 4.76. The number of nitrogens with one attached hydrogen (secondary N) is 1. The Hall–Kier alpha value is -2.47. The number of amides is 2. The second-order valence-electron chi connectivity index (χ2n) is 6.43. The molecule has 4 nitrogen and oxygen atoms in total. The Morgan fingerprint density at radius 1 is 1.04 bits per heavy atom. The molecule has 6 heteroatoms. The maximum absolute atomic E-state index is 14.3. The van der Waals surface area contributed by atoms with Crippen molar-refractivity contribution in [1.82, 2.24) is 10.2 Å². The van der Waals surface area contributed by atoms with Gasteiger partial charge in [-0.1, -0.05) is 36.4 Å².